The van der Waals surface area contributed by atoms with Crippen LogP contribution in [0.15, 0.2) is 0 Å². The fourth-order valence-corrected chi connectivity index (χ4v) is 1.03. The van der Waals surface area contributed by atoms with Crippen LogP contribution in [0.2, 0.25) is 0 Å². The molecule has 2 N–H and O–H groups in total. The number of nitrogens with one attached hydrogen (secondary N) is 2. The van der Waals surface area contributed by atoms with Crippen molar-refractivity contribution in [3.63, 3.8) is 0 Å². The standard InChI is InChI=1S/2C4H9NO.C3H7NO2/c2*1-3-6-4-2-5-1;1-3(2)4(5)6/h2*5H,1-4H2;3H,1-2H3. The fourth-order valence-electron chi connectivity index (χ4n) is 1.03. The van der Waals surface area contributed by atoms with Gasteiger partial charge in [0.05, 0.1) is 26.4 Å². The number of rotatable bonds is 1. The molecule has 2 rings (SSSR count). The summed E-state index contributed by atoms with van der Waals surface area (Å²) in [7, 11) is 0. The maximum Gasteiger partial charge on any atom is 0.207 e. The summed E-state index contributed by atoms with van der Waals surface area (Å²) in [4.78, 5) is 9.17. The highest BCUT2D eigenvalue weighted by Gasteiger charge is 1.99. The Bertz CT molecular complexity index is 160. The summed E-state index contributed by atoms with van der Waals surface area (Å²) in [6.45, 7) is 10.8. The molecular weight excluding hydrogens is 238 g/mol. The molecule has 0 atom stereocenters. The molecule has 0 spiro atoms. The topological polar surface area (TPSA) is 85.7 Å². The molecule has 0 unspecified atom stereocenters. The van der Waals surface area contributed by atoms with Gasteiger partial charge in [-0.15, -0.1) is 0 Å². The second kappa shape index (κ2) is 12.7. The lowest BCUT2D eigenvalue weighted by molar-refractivity contribution is -0.513. The number of nitro groups is 1. The number of morpholine rings is 2. The smallest absolute Gasteiger partial charge is 0.207 e. The SMILES string of the molecule is C1COCCN1.C1COCCN1.CC(C)[N+](=O)[O-]. The minimum absolute atomic E-state index is 0.333. The van der Waals surface area contributed by atoms with Crippen LogP contribution in [-0.2, 0) is 9.47 Å². The second-order valence-corrected chi connectivity index (χ2v) is 4.10. The Kier molecular flexibility index (Phi) is 12.2. The van der Waals surface area contributed by atoms with E-state index in [1.807, 2.05) is 0 Å². The van der Waals surface area contributed by atoms with Gasteiger partial charge in [0.2, 0.25) is 6.04 Å². The number of ether oxygens (including phenoxy) is 2. The predicted octanol–water partition coefficient (Wildman–Crippen LogP) is -0.116. The van der Waals surface area contributed by atoms with E-state index < -0.39 is 6.04 Å². The van der Waals surface area contributed by atoms with Crippen LogP contribution in [0.25, 0.3) is 0 Å². The highest BCUT2D eigenvalue weighted by molar-refractivity contribution is 4.50. The Morgan fingerprint density at radius 3 is 1.28 bits per heavy atom. The summed E-state index contributed by atoms with van der Waals surface area (Å²) in [5.41, 5.74) is 0. The summed E-state index contributed by atoms with van der Waals surface area (Å²) >= 11 is 0. The van der Waals surface area contributed by atoms with E-state index in [0.29, 0.717) is 0 Å². The first-order valence-electron chi connectivity index (χ1n) is 6.35. The van der Waals surface area contributed by atoms with Crippen molar-refractivity contribution >= 4 is 0 Å². The molecule has 0 aromatic carbocycles. The molecular formula is C11H25N3O4. The largest absolute Gasteiger partial charge is 0.379 e. The number of nitrogens with zero attached hydrogens (tertiary/aromatic N) is 1. The summed E-state index contributed by atoms with van der Waals surface area (Å²) in [6.07, 6.45) is 0. The van der Waals surface area contributed by atoms with Gasteiger partial charge in [-0.05, 0) is 0 Å². The predicted molar refractivity (Wildman–Crippen MR) is 69.5 cm³/mol. The lowest BCUT2D eigenvalue weighted by Gasteiger charge is -2.10. The summed E-state index contributed by atoms with van der Waals surface area (Å²) in [5, 5.41) is 15.8. The van der Waals surface area contributed by atoms with E-state index in [1.165, 1.54) is 0 Å². The maximum atomic E-state index is 9.50. The third kappa shape index (κ3) is 13.3. The van der Waals surface area contributed by atoms with Crippen LogP contribution in [0.4, 0.5) is 0 Å². The van der Waals surface area contributed by atoms with Crippen molar-refractivity contribution in [3.05, 3.63) is 10.1 Å². The molecule has 0 amide bonds. The van der Waals surface area contributed by atoms with E-state index in [2.05, 4.69) is 10.6 Å². The van der Waals surface area contributed by atoms with Crippen molar-refractivity contribution in [2.24, 2.45) is 0 Å². The van der Waals surface area contributed by atoms with E-state index in [9.17, 15) is 10.1 Å². The lowest BCUT2D eigenvalue weighted by Crippen LogP contribution is -2.30. The molecule has 2 aliphatic rings. The normalized spacial score (nSPS) is 19.1. The Labute approximate surface area is 108 Å². The molecule has 2 aliphatic heterocycles. The highest BCUT2D eigenvalue weighted by atomic mass is 16.6. The average Bonchev–Trinajstić information content (AvgIpc) is 2.44. The molecule has 0 aromatic heterocycles. The van der Waals surface area contributed by atoms with Crippen molar-refractivity contribution in [1.82, 2.24) is 10.6 Å². The van der Waals surface area contributed by atoms with Gasteiger partial charge in [0.25, 0.3) is 0 Å². The molecule has 0 aromatic rings. The molecule has 0 radical (unpaired) electrons. The van der Waals surface area contributed by atoms with Crippen LogP contribution in [0.3, 0.4) is 0 Å². The molecule has 108 valence electrons. The minimum Gasteiger partial charge on any atom is -0.379 e. The summed E-state index contributed by atoms with van der Waals surface area (Å²) in [5.74, 6) is 0. The van der Waals surface area contributed by atoms with Gasteiger partial charge in [-0.3, -0.25) is 10.1 Å². The van der Waals surface area contributed by atoms with Crippen LogP contribution < -0.4 is 10.6 Å². The van der Waals surface area contributed by atoms with Gasteiger partial charge in [-0.2, -0.15) is 0 Å². The van der Waals surface area contributed by atoms with Crippen LogP contribution in [-0.4, -0.2) is 63.6 Å². The molecule has 0 bridgehead atoms. The average molecular weight is 263 g/mol. The third-order valence-corrected chi connectivity index (χ3v) is 2.11. The number of hydrogen-bond acceptors (Lipinski definition) is 6. The van der Waals surface area contributed by atoms with Crippen LogP contribution in [0.1, 0.15) is 13.8 Å². The molecule has 2 saturated heterocycles. The first-order valence-corrected chi connectivity index (χ1v) is 6.35. The first-order chi connectivity index (χ1) is 8.64. The van der Waals surface area contributed by atoms with E-state index in [4.69, 9.17) is 9.47 Å². The second-order valence-electron chi connectivity index (χ2n) is 4.10. The Balaban J connectivity index is 0.000000241. The molecule has 0 aliphatic carbocycles. The van der Waals surface area contributed by atoms with E-state index in [1.54, 1.807) is 13.8 Å². The van der Waals surface area contributed by atoms with Crippen LogP contribution in [0, 0.1) is 10.1 Å². The zero-order valence-corrected chi connectivity index (χ0v) is 11.3. The monoisotopic (exact) mass is 263 g/mol. The van der Waals surface area contributed by atoms with E-state index in [0.717, 1.165) is 52.6 Å². The van der Waals surface area contributed by atoms with Gasteiger partial charge in [0.1, 0.15) is 0 Å². The third-order valence-electron chi connectivity index (χ3n) is 2.11. The lowest BCUT2D eigenvalue weighted by atomic mass is 10.4. The zero-order chi connectivity index (χ0) is 13.6. The summed E-state index contributed by atoms with van der Waals surface area (Å²) in [6, 6.07) is -0.426. The van der Waals surface area contributed by atoms with Gasteiger partial charge < -0.3 is 20.1 Å². The molecule has 2 fully saturated rings. The van der Waals surface area contributed by atoms with Gasteiger partial charge in [-0.1, -0.05) is 0 Å². The molecule has 2 heterocycles. The van der Waals surface area contributed by atoms with Crippen molar-refractivity contribution in [2.45, 2.75) is 19.9 Å². The highest BCUT2D eigenvalue weighted by Crippen LogP contribution is 1.80. The Morgan fingerprint density at radius 1 is 0.944 bits per heavy atom. The van der Waals surface area contributed by atoms with Gasteiger partial charge in [0, 0.05) is 44.9 Å². The van der Waals surface area contributed by atoms with Crippen molar-refractivity contribution < 1.29 is 14.4 Å². The van der Waals surface area contributed by atoms with Crippen LogP contribution >= 0.6 is 0 Å². The van der Waals surface area contributed by atoms with Gasteiger partial charge in [-0.25, -0.2) is 0 Å². The van der Waals surface area contributed by atoms with E-state index >= 15 is 0 Å². The van der Waals surface area contributed by atoms with Crippen molar-refractivity contribution in [1.29, 1.82) is 0 Å². The first kappa shape index (κ1) is 17.2. The van der Waals surface area contributed by atoms with Gasteiger partial charge >= 0.3 is 0 Å². The minimum atomic E-state index is -0.426. The van der Waals surface area contributed by atoms with Crippen molar-refractivity contribution in [2.75, 3.05) is 52.6 Å². The van der Waals surface area contributed by atoms with Gasteiger partial charge in [0.15, 0.2) is 0 Å². The Morgan fingerprint density at radius 2 is 1.22 bits per heavy atom. The molecule has 18 heavy (non-hydrogen) atoms. The summed E-state index contributed by atoms with van der Waals surface area (Å²) < 4.78 is 10.0. The fraction of sp³-hybridized carbons (Fsp3) is 1.00. The molecule has 0 saturated carbocycles. The number of hydrogen-bond donors (Lipinski definition) is 2. The quantitative estimate of drug-likeness (QED) is 0.507. The Hall–Kier alpha value is -0.760. The van der Waals surface area contributed by atoms with E-state index in [-0.39, 0.29) is 4.92 Å². The van der Waals surface area contributed by atoms with Crippen molar-refractivity contribution in [3.8, 4) is 0 Å². The maximum absolute atomic E-state index is 9.50. The molecule has 7 heteroatoms. The molecule has 7 nitrogen and oxygen atoms in total. The zero-order valence-electron chi connectivity index (χ0n) is 11.3. The van der Waals surface area contributed by atoms with Crippen LogP contribution in [0.5, 0.6) is 0 Å².